The van der Waals surface area contributed by atoms with Gasteiger partial charge in [0, 0.05) is 11.3 Å². The van der Waals surface area contributed by atoms with Crippen molar-refractivity contribution in [3.8, 4) is 5.75 Å². The third-order valence-electron chi connectivity index (χ3n) is 4.77. The fourth-order valence-electron chi connectivity index (χ4n) is 3.04. The van der Waals surface area contributed by atoms with Crippen molar-refractivity contribution >= 4 is 29.2 Å². The molecule has 3 N–H and O–H groups in total. The van der Waals surface area contributed by atoms with Crippen LogP contribution in [0.2, 0.25) is 0 Å². The molecule has 0 aliphatic carbocycles. The smallest absolute Gasteiger partial charge is 0.416 e. The summed E-state index contributed by atoms with van der Waals surface area (Å²) in [5.41, 5.74) is 4.98. The van der Waals surface area contributed by atoms with E-state index >= 15 is 0 Å². The van der Waals surface area contributed by atoms with Gasteiger partial charge >= 0.3 is 6.18 Å². The van der Waals surface area contributed by atoms with E-state index < -0.39 is 17.6 Å². The van der Waals surface area contributed by atoms with Crippen LogP contribution in [0.1, 0.15) is 22.3 Å². The number of phenols is 1. The maximum absolute atomic E-state index is 12.8. The van der Waals surface area contributed by atoms with Gasteiger partial charge < -0.3 is 10.4 Å². The lowest BCUT2D eigenvalue weighted by molar-refractivity contribution is -0.137. The maximum atomic E-state index is 12.8. The minimum atomic E-state index is -4.48. The number of azo groups is 1. The first-order valence-corrected chi connectivity index (χ1v) is 10.2. The number of hydrazone groups is 1. The van der Waals surface area contributed by atoms with Gasteiger partial charge in [0.25, 0.3) is 5.91 Å². The number of hydrogen-bond acceptors (Lipinski definition) is 6. The van der Waals surface area contributed by atoms with Crippen molar-refractivity contribution < 1.29 is 23.1 Å². The highest BCUT2D eigenvalue weighted by Gasteiger charge is 2.30. The number of aromatic hydroxyl groups is 1. The highest BCUT2D eigenvalue weighted by Crippen LogP contribution is 2.32. The summed E-state index contributed by atoms with van der Waals surface area (Å²) in [5, 5.41) is 24.6. The van der Waals surface area contributed by atoms with Gasteiger partial charge in [-0.2, -0.15) is 28.5 Å². The molecule has 0 saturated heterocycles. The van der Waals surface area contributed by atoms with Crippen LogP contribution < -0.4 is 10.7 Å². The van der Waals surface area contributed by atoms with Gasteiger partial charge in [-0.05, 0) is 61.4 Å². The number of amides is 1. The van der Waals surface area contributed by atoms with Crippen LogP contribution in [0.5, 0.6) is 5.75 Å². The largest absolute Gasteiger partial charge is 0.507 e. The van der Waals surface area contributed by atoms with E-state index in [1.165, 1.54) is 36.5 Å². The molecule has 0 aliphatic rings. The number of carbonyl (C=O) groups is 1. The molecule has 3 aromatic carbocycles. The van der Waals surface area contributed by atoms with E-state index in [4.69, 9.17) is 0 Å². The lowest BCUT2D eigenvalue weighted by Gasteiger charge is -2.11. The molecule has 10 heteroatoms. The van der Waals surface area contributed by atoms with Gasteiger partial charge in [-0.25, -0.2) is 5.43 Å². The van der Waals surface area contributed by atoms with Crippen molar-refractivity contribution in [2.75, 3.05) is 11.9 Å². The Morgan fingerprint density at radius 3 is 2.29 bits per heavy atom. The van der Waals surface area contributed by atoms with E-state index in [0.29, 0.717) is 0 Å². The average molecular weight is 469 g/mol. The van der Waals surface area contributed by atoms with Crippen LogP contribution in [0.4, 0.5) is 30.2 Å². The monoisotopic (exact) mass is 469 g/mol. The Hall–Kier alpha value is -4.21. The topological polar surface area (TPSA) is 98.4 Å². The molecule has 176 valence electrons. The molecule has 0 aromatic heterocycles. The lowest BCUT2D eigenvalue weighted by atomic mass is 10.1. The molecule has 3 rings (SSSR count). The van der Waals surface area contributed by atoms with Crippen molar-refractivity contribution in [3.05, 3.63) is 82.9 Å². The first-order chi connectivity index (χ1) is 16.1. The summed E-state index contributed by atoms with van der Waals surface area (Å²) in [5.74, 6) is -0.511. The minimum Gasteiger partial charge on any atom is -0.507 e. The molecular weight excluding hydrogens is 447 g/mol. The first-order valence-electron chi connectivity index (χ1n) is 10.2. The number of hydrogen-bond donors (Lipinski definition) is 3. The number of aryl methyl sites for hydroxylation is 2. The minimum absolute atomic E-state index is 0.000256. The highest BCUT2D eigenvalue weighted by molar-refractivity contribution is 5.87. The van der Waals surface area contributed by atoms with Gasteiger partial charge in [-0.1, -0.05) is 24.3 Å². The molecule has 7 nitrogen and oxygen atoms in total. The molecule has 0 heterocycles. The van der Waals surface area contributed by atoms with Crippen molar-refractivity contribution in [2.45, 2.75) is 20.0 Å². The molecular formula is C24H22F3N5O2. The maximum Gasteiger partial charge on any atom is 0.416 e. The Morgan fingerprint density at radius 1 is 0.971 bits per heavy atom. The number of alkyl halides is 3. The van der Waals surface area contributed by atoms with Crippen molar-refractivity contribution in [1.29, 1.82) is 0 Å². The van der Waals surface area contributed by atoms with Crippen LogP contribution in [0.3, 0.4) is 0 Å². The van der Waals surface area contributed by atoms with Crippen molar-refractivity contribution in [1.82, 2.24) is 5.43 Å². The molecule has 3 aromatic rings. The van der Waals surface area contributed by atoms with Crippen molar-refractivity contribution in [3.63, 3.8) is 0 Å². The van der Waals surface area contributed by atoms with E-state index in [9.17, 15) is 23.1 Å². The molecule has 1 amide bonds. The number of nitrogens with one attached hydrogen (secondary N) is 2. The molecule has 0 bridgehead atoms. The Balaban J connectivity index is 1.62. The first kappa shape index (κ1) is 24.4. The number of anilines is 1. The number of benzene rings is 3. The summed E-state index contributed by atoms with van der Waals surface area (Å²) >= 11 is 0. The predicted molar refractivity (Wildman–Crippen MR) is 124 cm³/mol. The second kappa shape index (κ2) is 10.6. The number of phenolic OH excluding ortho intramolecular Hbond substituents is 1. The molecule has 0 saturated carbocycles. The SMILES string of the molecule is Cc1cccc(C)c1NCC(=O)NN=Cc1cc(N=Nc2cccc(C(F)(F)F)c2)ccc1O. The van der Waals surface area contributed by atoms with Crippen LogP contribution >= 0.6 is 0 Å². The normalized spacial score (nSPS) is 11.8. The van der Waals surface area contributed by atoms with Crippen LogP contribution in [-0.4, -0.2) is 23.8 Å². The Morgan fingerprint density at radius 2 is 1.62 bits per heavy atom. The zero-order chi connectivity index (χ0) is 24.7. The molecule has 0 fully saturated rings. The van der Waals surface area contributed by atoms with E-state index in [0.717, 1.165) is 28.9 Å². The molecule has 0 radical (unpaired) electrons. The van der Waals surface area contributed by atoms with E-state index in [1.54, 1.807) is 0 Å². The van der Waals surface area contributed by atoms with E-state index in [2.05, 4.69) is 26.1 Å². The third kappa shape index (κ3) is 6.64. The second-order valence-electron chi connectivity index (χ2n) is 7.40. The van der Waals surface area contributed by atoms with Gasteiger partial charge in [0.15, 0.2) is 0 Å². The summed E-state index contributed by atoms with van der Waals surface area (Å²) in [6, 6.07) is 14.5. The molecule has 34 heavy (non-hydrogen) atoms. The zero-order valence-corrected chi connectivity index (χ0v) is 18.4. The summed E-state index contributed by atoms with van der Waals surface area (Å²) in [4.78, 5) is 12.1. The standard InChI is InChI=1S/C24H22F3N5O2/c1-15-5-3-6-16(2)23(15)28-14-22(34)32-29-13-17-11-20(9-10-21(17)33)31-30-19-8-4-7-18(12-19)24(25,26)27/h3-13,28,33H,14H2,1-2H3,(H,32,34). The zero-order valence-electron chi connectivity index (χ0n) is 18.4. The molecule has 0 spiro atoms. The van der Waals surface area contributed by atoms with Gasteiger partial charge in [0.1, 0.15) is 5.75 Å². The highest BCUT2D eigenvalue weighted by atomic mass is 19.4. The molecule has 0 aliphatic heterocycles. The summed E-state index contributed by atoms with van der Waals surface area (Å²) in [6.07, 6.45) is -3.25. The number of carbonyl (C=O) groups excluding carboxylic acids is 1. The van der Waals surface area contributed by atoms with E-state index in [-0.39, 0.29) is 29.2 Å². The van der Waals surface area contributed by atoms with Gasteiger partial charge in [-0.15, -0.1) is 0 Å². The molecule has 0 atom stereocenters. The van der Waals surface area contributed by atoms with Gasteiger partial charge in [-0.3, -0.25) is 4.79 Å². The summed E-state index contributed by atoms with van der Waals surface area (Å²) < 4.78 is 38.5. The van der Waals surface area contributed by atoms with Crippen LogP contribution in [0.15, 0.2) is 76.0 Å². The Labute approximate surface area is 194 Å². The number of para-hydroxylation sites is 1. The Bertz CT molecular complexity index is 1220. The van der Waals surface area contributed by atoms with Crippen LogP contribution in [0.25, 0.3) is 0 Å². The van der Waals surface area contributed by atoms with Gasteiger partial charge in [0.05, 0.1) is 29.7 Å². The summed E-state index contributed by atoms with van der Waals surface area (Å²) in [7, 11) is 0. The van der Waals surface area contributed by atoms with Crippen LogP contribution in [0, 0.1) is 13.8 Å². The second-order valence-corrected chi connectivity index (χ2v) is 7.40. The number of halogens is 3. The Kier molecular flexibility index (Phi) is 7.62. The predicted octanol–water partition coefficient (Wildman–Crippen LogP) is 6.01. The van der Waals surface area contributed by atoms with Gasteiger partial charge in [0.2, 0.25) is 0 Å². The van der Waals surface area contributed by atoms with Crippen molar-refractivity contribution in [2.24, 2.45) is 15.3 Å². The fourth-order valence-corrected chi connectivity index (χ4v) is 3.04. The summed E-state index contributed by atoms with van der Waals surface area (Å²) in [6.45, 7) is 3.87. The quantitative estimate of drug-likeness (QED) is 0.225. The third-order valence-corrected chi connectivity index (χ3v) is 4.77. The van der Waals surface area contributed by atoms with E-state index in [1.807, 2.05) is 32.0 Å². The number of nitrogens with zero attached hydrogens (tertiary/aromatic N) is 3. The van der Waals surface area contributed by atoms with Crippen LogP contribution in [-0.2, 0) is 11.0 Å². The average Bonchev–Trinajstić information content (AvgIpc) is 2.78. The molecule has 0 unspecified atom stereocenters. The fraction of sp³-hybridized carbons (Fsp3) is 0.167. The number of rotatable bonds is 7. The lowest BCUT2D eigenvalue weighted by Crippen LogP contribution is -2.26.